The van der Waals surface area contributed by atoms with Crippen molar-refractivity contribution in [3.63, 3.8) is 0 Å². The van der Waals surface area contributed by atoms with Crippen LogP contribution in [0.5, 0.6) is 0 Å². The second-order valence-electron chi connectivity index (χ2n) is 10.8. The van der Waals surface area contributed by atoms with Crippen LogP contribution in [0.2, 0.25) is 0 Å². The van der Waals surface area contributed by atoms with E-state index < -0.39 is 28.7 Å². The number of hydrogen-bond acceptors (Lipinski definition) is 5. The number of benzene rings is 1. The number of carbonyl (C=O) groups excluding carboxylic acids is 3. The third-order valence-corrected chi connectivity index (χ3v) is 10.4. The fraction of sp³-hybridized carbons (Fsp3) is 0.552. The number of carbonyl (C=O) groups is 3. The summed E-state index contributed by atoms with van der Waals surface area (Å²) < 4.78 is -0.729. The highest BCUT2D eigenvalue weighted by molar-refractivity contribution is 8.02. The van der Waals surface area contributed by atoms with Gasteiger partial charge in [0, 0.05) is 30.1 Å². The van der Waals surface area contributed by atoms with Crippen LogP contribution in [0.4, 0.5) is 5.69 Å². The highest BCUT2D eigenvalue weighted by Crippen LogP contribution is 2.69. The van der Waals surface area contributed by atoms with Crippen molar-refractivity contribution in [2.75, 3.05) is 24.6 Å². The van der Waals surface area contributed by atoms with E-state index in [1.54, 1.807) is 45.5 Å². The van der Waals surface area contributed by atoms with Gasteiger partial charge in [-0.3, -0.25) is 14.4 Å². The van der Waals surface area contributed by atoms with Crippen LogP contribution in [0.15, 0.2) is 55.6 Å². The number of rotatable bonds is 10. The number of aliphatic hydroxyl groups excluding tert-OH is 1. The molecule has 3 aliphatic heterocycles. The predicted octanol–water partition coefficient (Wildman–Crippen LogP) is 3.35. The van der Waals surface area contributed by atoms with Crippen molar-refractivity contribution >= 4 is 35.2 Å². The summed E-state index contributed by atoms with van der Waals surface area (Å²) in [5.41, 5.74) is 0.762. The summed E-state index contributed by atoms with van der Waals surface area (Å²) in [6, 6.07) is 8.08. The van der Waals surface area contributed by atoms with E-state index in [9.17, 15) is 19.5 Å². The van der Waals surface area contributed by atoms with Crippen LogP contribution < -0.4 is 4.90 Å². The molecule has 1 aromatic carbocycles. The molecule has 3 saturated heterocycles. The number of fused-ring (bicyclic) bond motifs is 1. The predicted molar refractivity (Wildman–Crippen MR) is 148 cm³/mol. The number of anilines is 1. The summed E-state index contributed by atoms with van der Waals surface area (Å²) in [5.74, 6) is -1.55. The van der Waals surface area contributed by atoms with E-state index in [1.807, 2.05) is 44.2 Å². The highest BCUT2D eigenvalue weighted by atomic mass is 32.2. The molecule has 1 spiro atoms. The lowest BCUT2D eigenvalue weighted by atomic mass is 9.65. The third-order valence-electron chi connectivity index (χ3n) is 8.32. The second-order valence-corrected chi connectivity index (χ2v) is 12.3. The standard InChI is InChI=1S/C29H39N3O4S/c1-7-14-30(18(3)4)28(36)25-29-19(5)16-22(37-29)23(24(29)27(35)32(25)20(6)17-33)26(34)31(15-8-2)21-12-10-9-11-13-21/h7-13,18-20,22-25,33H,1-2,14-17H2,3-6H3/t19?,20-,22-,23+,24+,25?,29?/m1/s1. The van der Waals surface area contributed by atoms with Crippen molar-refractivity contribution in [3.05, 3.63) is 55.6 Å². The lowest BCUT2D eigenvalue weighted by Crippen LogP contribution is -2.60. The highest BCUT2D eigenvalue weighted by Gasteiger charge is 2.76. The van der Waals surface area contributed by atoms with Crippen LogP contribution in [0.25, 0.3) is 0 Å². The topological polar surface area (TPSA) is 81.2 Å². The van der Waals surface area contributed by atoms with Crippen molar-refractivity contribution in [3.8, 4) is 0 Å². The molecule has 3 unspecified atom stereocenters. The van der Waals surface area contributed by atoms with Crippen LogP contribution in [-0.4, -0.2) is 80.4 Å². The zero-order valence-corrected chi connectivity index (χ0v) is 23.1. The molecule has 0 radical (unpaired) electrons. The maximum absolute atomic E-state index is 14.2. The SMILES string of the molecule is C=CCN(C(=O)[C@@H]1[C@H]2C(=O)N([C@H](C)CO)C(C(=O)N(CC=C)C(C)C)C23S[C@@H]1CC3C)c1ccccc1. The van der Waals surface area contributed by atoms with Crippen molar-refractivity contribution in [2.45, 2.75) is 62.2 Å². The average molecular weight is 526 g/mol. The number of likely N-dealkylation sites (tertiary alicyclic amines) is 1. The average Bonchev–Trinajstić information content (AvgIpc) is 3.48. The van der Waals surface area contributed by atoms with E-state index >= 15 is 0 Å². The van der Waals surface area contributed by atoms with Crippen molar-refractivity contribution in [1.82, 2.24) is 9.80 Å². The van der Waals surface area contributed by atoms with Crippen LogP contribution in [0, 0.1) is 17.8 Å². The van der Waals surface area contributed by atoms with Crippen molar-refractivity contribution < 1.29 is 19.5 Å². The largest absolute Gasteiger partial charge is 0.394 e. The molecule has 0 aliphatic carbocycles. The summed E-state index contributed by atoms with van der Waals surface area (Å²) in [4.78, 5) is 47.7. The van der Waals surface area contributed by atoms with Gasteiger partial charge in [-0.25, -0.2) is 0 Å². The van der Waals surface area contributed by atoms with Gasteiger partial charge in [0.05, 0.1) is 29.2 Å². The first-order chi connectivity index (χ1) is 17.6. The fourth-order valence-corrected chi connectivity index (χ4v) is 9.07. The Balaban J connectivity index is 1.81. The molecule has 1 N–H and O–H groups in total. The van der Waals surface area contributed by atoms with Gasteiger partial charge in [0.25, 0.3) is 0 Å². The van der Waals surface area contributed by atoms with E-state index in [0.29, 0.717) is 13.1 Å². The van der Waals surface area contributed by atoms with Crippen molar-refractivity contribution in [1.29, 1.82) is 0 Å². The Kier molecular flexibility index (Phi) is 7.91. The smallest absolute Gasteiger partial charge is 0.247 e. The number of hydrogen-bond donors (Lipinski definition) is 1. The van der Waals surface area contributed by atoms with Gasteiger partial charge >= 0.3 is 0 Å². The minimum atomic E-state index is -0.748. The summed E-state index contributed by atoms with van der Waals surface area (Å²) in [6.45, 7) is 15.9. The molecular formula is C29H39N3O4S. The molecule has 7 nitrogen and oxygen atoms in total. The van der Waals surface area contributed by atoms with E-state index in [1.165, 1.54) is 0 Å². The monoisotopic (exact) mass is 525 g/mol. The fourth-order valence-electron chi connectivity index (χ4n) is 6.67. The van der Waals surface area contributed by atoms with Crippen LogP contribution in [0.3, 0.4) is 0 Å². The molecule has 4 rings (SSSR count). The van der Waals surface area contributed by atoms with E-state index in [0.717, 1.165) is 12.1 Å². The number of thioether (sulfide) groups is 1. The number of aliphatic hydroxyl groups is 1. The maximum Gasteiger partial charge on any atom is 0.247 e. The first-order valence-electron chi connectivity index (χ1n) is 13.1. The Bertz CT molecular complexity index is 1060. The molecule has 3 heterocycles. The lowest BCUT2D eigenvalue weighted by Gasteiger charge is -2.42. The molecule has 3 aliphatic rings. The summed E-state index contributed by atoms with van der Waals surface area (Å²) in [7, 11) is 0. The molecule has 3 amide bonds. The normalized spacial score (nSPS) is 30.8. The number of para-hydroxylation sites is 1. The summed E-state index contributed by atoms with van der Waals surface area (Å²) in [6.07, 6.45) is 4.16. The molecular weight excluding hydrogens is 486 g/mol. The molecule has 0 aromatic heterocycles. The Morgan fingerprint density at radius 2 is 1.81 bits per heavy atom. The van der Waals surface area contributed by atoms with Gasteiger partial charge in [-0.2, -0.15) is 0 Å². The van der Waals surface area contributed by atoms with Gasteiger partial charge in [-0.1, -0.05) is 37.3 Å². The molecule has 37 heavy (non-hydrogen) atoms. The Morgan fingerprint density at radius 3 is 2.38 bits per heavy atom. The summed E-state index contributed by atoms with van der Waals surface area (Å²) in [5, 5.41) is 10.1. The van der Waals surface area contributed by atoms with Crippen LogP contribution >= 0.6 is 11.8 Å². The molecule has 200 valence electrons. The van der Waals surface area contributed by atoms with E-state index in [2.05, 4.69) is 20.1 Å². The zero-order valence-electron chi connectivity index (χ0n) is 22.2. The second kappa shape index (κ2) is 10.7. The maximum atomic E-state index is 14.2. The van der Waals surface area contributed by atoms with Gasteiger partial charge in [0.2, 0.25) is 17.7 Å². The van der Waals surface area contributed by atoms with Gasteiger partial charge in [-0.15, -0.1) is 24.9 Å². The van der Waals surface area contributed by atoms with E-state index in [-0.39, 0.29) is 41.5 Å². The van der Waals surface area contributed by atoms with Gasteiger partial charge in [0.1, 0.15) is 6.04 Å². The van der Waals surface area contributed by atoms with Gasteiger partial charge in [0.15, 0.2) is 0 Å². The van der Waals surface area contributed by atoms with Gasteiger partial charge < -0.3 is 19.8 Å². The first-order valence-corrected chi connectivity index (χ1v) is 14.0. The molecule has 1 aromatic rings. The van der Waals surface area contributed by atoms with Crippen LogP contribution in [0.1, 0.15) is 34.1 Å². The molecule has 8 heteroatoms. The van der Waals surface area contributed by atoms with Crippen molar-refractivity contribution in [2.24, 2.45) is 17.8 Å². The molecule has 3 fully saturated rings. The quantitative estimate of drug-likeness (QED) is 0.474. The Hall–Kier alpha value is -2.58. The number of nitrogens with zero attached hydrogens (tertiary/aromatic N) is 3. The zero-order chi connectivity index (χ0) is 27.1. The molecule has 0 saturated carbocycles. The molecule has 2 bridgehead atoms. The first kappa shape index (κ1) is 27.5. The molecule has 7 atom stereocenters. The lowest BCUT2D eigenvalue weighted by molar-refractivity contribution is -0.146. The Morgan fingerprint density at radius 1 is 1.16 bits per heavy atom. The minimum Gasteiger partial charge on any atom is -0.394 e. The Labute approximate surface area is 224 Å². The van der Waals surface area contributed by atoms with Crippen LogP contribution in [-0.2, 0) is 14.4 Å². The summed E-state index contributed by atoms with van der Waals surface area (Å²) >= 11 is 1.65. The van der Waals surface area contributed by atoms with E-state index in [4.69, 9.17) is 0 Å². The van der Waals surface area contributed by atoms with Gasteiger partial charge in [-0.05, 0) is 45.2 Å². The number of amides is 3. The minimum absolute atomic E-state index is 0.0544. The third kappa shape index (κ3) is 4.22.